The van der Waals surface area contributed by atoms with E-state index in [0.717, 1.165) is 22.6 Å². The van der Waals surface area contributed by atoms with E-state index in [1.807, 2.05) is 31.0 Å². The van der Waals surface area contributed by atoms with E-state index >= 15 is 0 Å². The Morgan fingerprint density at radius 2 is 1.69 bits per heavy atom. The molecule has 0 saturated heterocycles. The summed E-state index contributed by atoms with van der Waals surface area (Å²) in [5, 5.41) is 4.11. The van der Waals surface area contributed by atoms with Gasteiger partial charge in [0.2, 0.25) is 5.95 Å². The van der Waals surface area contributed by atoms with Crippen molar-refractivity contribution < 1.29 is 9.26 Å². The average molecular weight is 478 g/mol. The number of hydrogen-bond acceptors (Lipinski definition) is 11. The van der Waals surface area contributed by atoms with Crippen molar-refractivity contribution in [2.75, 3.05) is 37.9 Å². The lowest BCUT2D eigenvalue weighted by Gasteiger charge is -2.16. The normalized spacial score (nSPS) is 11.5. The summed E-state index contributed by atoms with van der Waals surface area (Å²) >= 11 is 0. The second kappa shape index (κ2) is 12.5. The van der Waals surface area contributed by atoms with Gasteiger partial charge in [-0.25, -0.2) is 19.9 Å². The summed E-state index contributed by atoms with van der Waals surface area (Å²) in [6, 6.07) is 3.86. The van der Waals surface area contributed by atoms with E-state index in [4.69, 9.17) is 15.0 Å². The molecule has 0 saturated carbocycles. The molecule has 0 aliphatic carbocycles. The molecule has 0 aromatic carbocycles. The van der Waals surface area contributed by atoms with Gasteiger partial charge < -0.3 is 19.9 Å². The first-order chi connectivity index (χ1) is 17.0. The highest BCUT2D eigenvalue weighted by Gasteiger charge is 2.18. The van der Waals surface area contributed by atoms with Crippen LogP contribution in [0.2, 0.25) is 0 Å². The number of methoxy groups -OCH3 is 1. The third kappa shape index (κ3) is 6.76. The molecule has 0 aliphatic heterocycles. The van der Waals surface area contributed by atoms with Crippen LogP contribution in [0.1, 0.15) is 44.5 Å². The highest BCUT2D eigenvalue weighted by molar-refractivity contribution is 5.57. The highest BCUT2D eigenvalue weighted by Crippen LogP contribution is 2.25. The maximum atomic E-state index is 5.53. The Labute approximate surface area is 204 Å². The van der Waals surface area contributed by atoms with Gasteiger partial charge in [-0.1, -0.05) is 38.4 Å². The third-order valence-corrected chi connectivity index (χ3v) is 4.96. The van der Waals surface area contributed by atoms with E-state index < -0.39 is 0 Å². The van der Waals surface area contributed by atoms with Gasteiger partial charge in [0.1, 0.15) is 11.5 Å². The van der Waals surface area contributed by atoms with Crippen molar-refractivity contribution in [2.24, 2.45) is 0 Å². The van der Waals surface area contributed by atoms with Crippen LogP contribution < -0.4 is 10.6 Å². The van der Waals surface area contributed by atoms with Crippen LogP contribution in [0.3, 0.4) is 0 Å². The van der Waals surface area contributed by atoms with Gasteiger partial charge in [-0.15, -0.1) is 0 Å². The van der Waals surface area contributed by atoms with E-state index in [-0.39, 0.29) is 11.9 Å². The minimum atomic E-state index is -0.121. The molecule has 184 valence electrons. The highest BCUT2D eigenvalue weighted by atomic mass is 16.5. The maximum Gasteiger partial charge on any atom is 0.278 e. The summed E-state index contributed by atoms with van der Waals surface area (Å²) in [7, 11) is 3.59. The van der Waals surface area contributed by atoms with Crippen molar-refractivity contribution >= 4 is 11.8 Å². The molecule has 4 aromatic rings. The van der Waals surface area contributed by atoms with Gasteiger partial charge in [0.15, 0.2) is 5.82 Å². The molecule has 0 bridgehead atoms. The summed E-state index contributed by atoms with van der Waals surface area (Å²) in [5.41, 5.74) is 8.53. The number of nitrogens with zero attached hydrogens (tertiary/aromatic N) is 8. The first kappa shape index (κ1) is 25.6. The minimum Gasteiger partial charge on any atom is -0.383 e. The van der Waals surface area contributed by atoms with Gasteiger partial charge in [0.25, 0.3) is 5.89 Å². The van der Waals surface area contributed by atoms with E-state index in [9.17, 15) is 0 Å². The Kier molecular flexibility index (Phi) is 9.13. The second-order valence-corrected chi connectivity index (χ2v) is 7.87. The Morgan fingerprint density at radius 1 is 0.971 bits per heavy atom. The molecule has 2 N–H and O–H groups in total. The van der Waals surface area contributed by atoms with Crippen LogP contribution in [0.15, 0.2) is 47.6 Å². The molecule has 0 spiro atoms. The van der Waals surface area contributed by atoms with Gasteiger partial charge in [-0.2, -0.15) is 4.98 Å². The molecular weight excluding hydrogens is 446 g/mol. The predicted molar refractivity (Wildman–Crippen MR) is 134 cm³/mol. The number of pyridine rings is 1. The molecule has 4 rings (SSSR count). The van der Waals surface area contributed by atoms with Crippen LogP contribution in [0.4, 0.5) is 11.8 Å². The van der Waals surface area contributed by atoms with Crippen molar-refractivity contribution in [3.05, 3.63) is 54.5 Å². The molecule has 4 heterocycles. The number of likely N-dealkylation sites (N-methyl/N-ethyl adjacent to an activating group) is 1. The number of nitrogens with two attached hydrogens (primary N) is 1. The van der Waals surface area contributed by atoms with E-state index in [1.165, 1.54) is 6.42 Å². The second-order valence-electron chi connectivity index (χ2n) is 7.87. The van der Waals surface area contributed by atoms with Gasteiger partial charge in [0, 0.05) is 50.8 Å². The molecular formula is C24H31N9O2. The SMILES string of the molecule is CCC.COCCN(C)c1cnc(-c2nc(C(C)c3ccc(-c4cnc(N)nc4)nc3)no2)cn1. The van der Waals surface area contributed by atoms with Crippen molar-refractivity contribution in [3.63, 3.8) is 0 Å². The molecule has 0 radical (unpaired) electrons. The molecule has 0 amide bonds. The van der Waals surface area contributed by atoms with Gasteiger partial charge >= 0.3 is 0 Å². The lowest BCUT2D eigenvalue weighted by atomic mass is 10.0. The summed E-state index contributed by atoms with van der Waals surface area (Å²) in [5.74, 6) is 1.69. The van der Waals surface area contributed by atoms with Gasteiger partial charge in [0.05, 0.1) is 24.7 Å². The molecule has 1 atom stereocenters. The lowest BCUT2D eigenvalue weighted by Crippen LogP contribution is -2.23. The predicted octanol–water partition coefficient (Wildman–Crippen LogP) is 3.61. The van der Waals surface area contributed by atoms with Crippen molar-refractivity contribution in [1.82, 2.24) is 35.1 Å². The Hall–Kier alpha value is -3.99. The zero-order chi connectivity index (χ0) is 25.2. The minimum absolute atomic E-state index is 0.121. The van der Waals surface area contributed by atoms with E-state index in [1.54, 1.807) is 38.1 Å². The maximum absolute atomic E-state index is 5.53. The molecule has 0 fully saturated rings. The fourth-order valence-electron chi connectivity index (χ4n) is 2.94. The van der Waals surface area contributed by atoms with Crippen LogP contribution in [-0.4, -0.2) is 62.4 Å². The van der Waals surface area contributed by atoms with Crippen LogP contribution in [0.5, 0.6) is 0 Å². The number of rotatable bonds is 8. The standard InChI is InChI=1S/C21H23N9O2.C3H8/c1-13(14-4-5-16(23-8-14)15-9-26-21(22)27-10-15)19-28-20(32-29-19)17-11-25-18(12-24-17)30(2)6-7-31-3;1-3-2/h4-5,8-13H,6-7H2,1-3H3,(H2,22,26,27);3H2,1-2H3. The Balaban J connectivity index is 0.00000108. The molecule has 11 nitrogen and oxygen atoms in total. The molecule has 11 heteroatoms. The largest absolute Gasteiger partial charge is 0.383 e. The van der Waals surface area contributed by atoms with Crippen molar-refractivity contribution in [2.45, 2.75) is 33.1 Å². The summed E-state index contributed by atoms with van der Waals surface area (Å²) in [6.07, 6.45) is 9.59. The Morgan fingerprint density at radius 3 is 2.29 bits per heavy atom. The number of ether oxygens (including phenoxy) is 1. The topological polar surface area (TPSA) is 142 Å². The van der Waals surface area contributed by atoms with Crippen LogP contribution >= 0.6 is 0 Å². The third-order valence-electron chi connectivity index (χ3n) is 4.96. The fourth-order valence-corrected chi connectivity index (χ4v) is 2.94. The smallest absolute Gasteiger partial charge is 0.278 e. The summed E-state index contributed by atoms with van der Waals surface area (Å²) in [6.45, 7) is 7.55. The van der Waals surface area contributed by atoms with Gasteiger partial charge in [-0.3, -0.25) is 4.98 Å². The van der Waals surface area contributed by atoms with Crippen LogP contribution in [0, 0.1) is 0 Å². The quantitative estimate of drug-likeness (QED) is 0.397. The zero-order valence-electron chi connectivity index (χ0n) is 20.7. The molecule has 0 aliphatic rings. The first-order valence-electron chi connectivity index (χ1n) is 11.4. The average Bonchev–Trinajstić information content (AvgIpc) is 3.38. The van der Waals surface area contributed by atoms with Crippen molar-refractivity contribution in [1.29, 1.82) is 0 Å². The fraction of sp³-hybridized carbons (Fsp3) is 0.375. The van der Waals surface area contributed by atoms with E-state index in [2.05, 4.69) is 48.9 Å². The summed E-state index contributed by atoms with van der Waals surface area (Å²) in [4.78, 5) is 27.8. The number of aromatic nitrogens is 7. The number of anilines is 2. The number of hydrogen-bond donors (Lipinski definition) is 1. The molecule has 1 unspecified atom stereocenters. The van der Waals surface area contributed by atoms with Crippen LogP contribution in [0.25, 0.3) is 22.8 Å². The Bertz CT molecular complexity index is 1160. The summed E-state index contributed by atoms with van der Waals surface area (Å²) < 4.78 is 10.5. The van der Waals surface area contributed by atoms with Gasteiger partial charge in [-0.05, 0) is 11.6 Å². The lowest BCUT2D eigenvalue weighted by molar-refractivity contribution is 0.206. The van der Waals surface area contributed by atoms with E-state index in [0.29, 0.717) is 30.6 Å². The zero-order valence-corrected chi connectivity index (χ0v) is 20.7. The monoisotopic (exact) mass is 477 g/mol. The molecule has 4 aromatic heterocycles. The first-order valence-corrected chi connectivity index (χ1v) is 11.4. The van der Waals surface area contributed by atoms with Crippen molar-refractivity contribution in [3.8, 4) is 22.8 Å². The molecule has 35 heavy (non-hydrogen) atoms. The number of nitrogen functional groups attached to an aromatic ring is 1. The van der Waals surface area contributed by atoms with Crippen LogP contribution in [-0.2, 0) is 4.74 Å².